The number of nitrogens with zero attached hydrogens (tertiary/aromatic N) is 2. The van der Waals surface area contributed by atoms with E-state index in [1.54, 1.807) is 18.2 Å². The van der Waals surface area contributed by atoms with Crippen LogP contribution in [-0.4, -0.2) is 41.1 Å². The minimum absolute atomic E-state index is 0.0320. The van der Waals surface area contributed by atoms with Gasteiger partial charge in [-0.05, 0) is 64.2 Å². The topological polar surface area (TPSA) is 126 Å². The first kappa shape index (κ1) is 22.8. The molecule has 2 aromatic heterocycles. The minimum atomic E-state index is -3.55. The molecular formula is C24H29N5O4S. The van der Waals surface area contributed by atoms with Gasteiger partial charge in [-0.3, -0.25) is 4.79 Å². The molecule has 34 heavy (non-hydrogen) atoms. The number of imidazole rings is 1. The van der Waals surface area contributed by atoms with Crippen molar-refractivity contribution in [3.63, 3.8) is 0 Å². The lowest BCUT2D eigenvalue weighted by atomic mass is 10.0. The van der Waals surface area contributed by atoms with Gasteiger partial charge in [-0.15, -0.1) is 0 Å². The Bertz CT molecular complexity index is 1390. The zero-order chi connectivity index (χ0) is 24.3. The van der Waals surface area contributed by atoms with E-state index in [4.69, 9.17) is 4.74 Å². The third-order valence-corrected chi connectivity index (χ3v) is 7.42. The molecule has 5 rings (SSSR count). The first-order valence-corrected chi connectivity index (χ1v) is 13.3. The fraction of sp³-hybridized carbons (Fsp3) is 0.458. The molecule has 1 aromatic carbocycles. The third-order valence-electron chi connectivity index (χ3n) is 6.29. The second-order valence-electron chi connectivity index (χ2n) is 9.90. The van der Waals surface area contributed by atoms with Crippen molar-refractivity contribution in [1.29, 1.82) is 0 Å². The van der Waals surface area contributed by atoms with Gasteiger partial charge in [0.2, 0.25) is 5.91 Å². The van der Waals surface area contributed by atoms with Gasteiger partial charge < -0.3 is 20.4 Å². The number of rotatable bonds is 6. The number of benzene rings is 1. The summed E-state index contributed by atoms with van der Waals surface area (Å²) >= 11 is 0. The highest BCUT2D eigenvalue weighted by Crippen LogP contribution is 2.41. The first-order chi connectivity index (χ1) is 16.0. The van der Waals surface area contributed by atoms with E-state index in [2.05, 4.69) is 25.6 Å². The summed E-state index contributed by atoms with van der Waals surface area (Å²) in [6.07, 6.45) is 4.57. The molecule has 10 heteroatoms. The third kappa shape index (κ3) is 4.65. The molecule has 3 N–H and O–H groups in total. The quantitative estimate of drug-likeness (QED) is 0.475. The Balaban J connectivity index is 1.53. The number of carbonyl (C=O) groups is 1. The summed E-state index contributed by atoms with van der Waals surface area (Å²) < 4.78 is 31.6. The number of carbonyl (C=O) groups excluding carboxylic acids is 1. The van der Waals surface area contributed by atoms with E-state index >= 15 is 0 Å². The van der Waals surface area contributed by atoms with Gasteiger partial charge in [0.15, 0.2) is 15.5 Å². The lowest BCUT2D eigenvalue weighted by Gasteiger charge is -2.20. The zero-order valence-corrected chi connectivity index (χ0v) is 20.5. The summed E-state index contributed by atoms with van der Waals surface area (Å²) in [4.78, 5) is 24.5. The number of sulfone groups is 1. The van der Waals surface area contributed by atoms with Crippen LogP contribution in [0.4, 0.5) is 17.2 Å². The SMILES string of the molecule is Cc1nc2c(Nc3ccc(C4CCC(C)(C)O4)cc3S(C)(=O)=O)cc(NC(=O)C3CC3)nc2[nH]1. The normalized spacial score (nSPS) is 19.9. The number of hydrogen-bond acceptors (Lipinski definition) is 7. The lowest BCUT2D eigenvalue weighted by Crippen LogP contribution is -2.17. The standard InChI is InChI=1S/C24H29N5O4S/c1-13-25-21-17(12-20(28-22(21)26-13)29-23(30)14-5-6-14)27-16-8-7-15(11-19(16)34(4,31)32)18-9-10-24(2,3)33-18/h7-8,11-12,14,18H,5-6,9-10H2,1-4H3,(H3,25,26,27,28,29,30). The molecule has 3 aromatic rings. The van der Waals surface area contributed by atoms with Gasteiger partial charge in [-0.1, -0.05) is 6.07 Å². The van der Waals surface area contributed by atoms with Crippen LogP contribution in [0.3, 0.4) is 0 Å². The minimum Gasteiger partial charge on any atom is -0.368 e. The van der Waals surface area contributed by atoms with Gasteiger partial charge in [-0.2, -0.15) is 0 Å². The number of aromatic amines is 1. The highest BCUT2D eigenvalue weighted by atomic mass is 32.2. The Kier molecular flexibility index (Phi) is 5.40. The Morgan fingerprint density at radius 2 is 1.91 bits per heavy atom. The summed E-state index contributed by atoms with van der Waals surface area (Å²) in [6.45, 7) is 5.90. The average molecular weight is 484 g/mol. The smallest absolute Gasteiger partial charge is 0.228 e. The number of ether oxygens (including phenoxy) is 1. The van der Waals surface area contributed by atoms with Crippen molar-refractivity contribution < 1.29 is 17.9 Å². The van der Waals surface area contributed by atoms with Gasteiger partial charge in [0.05, 0.1) is 28.0 Å². The van der Waals surface area contributed by atoms with Crippen LogP contribution in [0.1, 0.15) is 57.0 Å². The van der Waals surface area contributed by atoms with Crippen molar-refractivity contribution in [2.24, 2.45) is 5.92 Å². The van der Waals surface area contributed by atoms with Crippen molar-refractivity contribution >= 4 is 44.1 Å². The number of hydrogen-bond donors (Lipinski definition) is 3. The van der Waals surface area contributed by atoms with Crippen molar-refractivity contribution in [2.45, 2.75) is 63.1 Å². The average Bonchev–Trinajstić information content (AvgIpc) is 3.44. The Labute approximate surface area is 198 Å². The molecule has 1 saturated heterocycles. The summed E-state index contributed by atoms with van der Waals surface area (Å²) in [6, 6.07) is 7.03. The van der Waals surface area contributed by atoms with Crippen molar-refractivity contribution in [3.8, 4) is 0 Å². The zero-order valence-electron chi connectivity index (χ0n) is 19.7. The molecule has 1 aliphatic carbocycles. The summed E-state index contributed by atoms with van der Waals surface area (Å²) in [5, 5.41) is 6.09. The lowest BCUT2D eigenvalue weighted by molar-refractivity contribution is -0.117. The highest BCUT2D eigenvalue weighted by Gasteiger charge is 2.33. The fourth-order valence-electron chi connectivity index (χ4n) is 4.35. The number of amides is 1. The van der Waals surface area contributed by atoms with Crippen LogP contribution in [0, 0.1) is 12.8 Å². The van der Waals surface area contributed by atoms with Crippen LogP contribution < -0.4 is 10.6 Å². The molecule has 3 heterocycles. The number of nitrogens with one attached hydrogen (secondary N) is 3. The molecule has 1 aliphatic heterocycles. The first-order valence-electron chi connectivity index (χ1n) is 11.5. The predicted molar refractivity (Wildman–Crippen MR) is 130 cm³/mol. The summed E-state index contributed by atoms with van der Waals surface area (Å²) in [5.74, 6) is 1.02. The van der Waals surface area contributed by atoms with Crippen LogP contribution in [0.25, 0.3) is 11.2 Å². The highest BCUT2D eigenvalue weighted by molar-refractivity contribution is 7.90. The van der Waals surface area contributed by atoms with Crippen LogP contribution in [-0.2, 0) is 19.4 Å². The monoisotopic (exact) mass is 483 g/mol. The number of H-pyrrole nitrogens is 1. The van der Waals surface area contributed by atoms with Crippen LogP contribution in [0.15, 0.2) is 29.2 Å². The maximum Gasteiger partial charge on any atom is 0.228 e. The molecule has 1 unspecified atom stereocenters. The maximum absolute atomic E-state index is 12.7. The van der Waals surface area contributed by atoms with E-state index in [0.717, 1.165) is 31.2 Å². The number of anilines is 3. The molecule has 0 radical (unpaired) electrons. The number of aromatic nitrogens is 3. The number of pyridine rings is 1. The fourth-order valence-corrected chi connectivity index (χ4v) is 5.22. The maximum atomic E-state index is 12.7. The van der Waals surface area contributed by atoms with E-state index in [1.165, 1.54) is 6.26 Å². The van der Waals surface area contributed by atoms with E-state index in [9.17, 15) is 13.2 Å². The molecule has 0 spiro atoms. The van der Waals surface area contributed by atoms with E-state index in [-0.39, 0.29) is 28.4 Å². The Hall–Kier alpha value is -2.98. The molecule has 2 aliphatic rings. The summed E-state index contributed by atoms with van der Waals surface area (Å²) in [5.41, 5.74) is 2.66. The van der Waals surface area contributed by atoms with Gasteiger partial charge in [0.25, 0.3) is 0 Å². The van der Waals surface area contributed by atoms with Crippen molar-refractivity contribution in [2.75, 3.05) is 16.9 Å². The second-order valence-corrected chi connectivity index (χ2v) is 11.9. The van der Waals surface area contributed by atoms with E-state index in [1.807, 2.05) is 26.8 Å². The van der Waals surface area contributed by atoms with Gasteiger partial charge in [0.1, 0.15) is 17.2 Å². The van der Waals surface area contributed by atoms with Gasteiger partial charge >= 0.3 is 0 Å². The van der Waals surface area contributed by atoms with E-state index < -0.39 is 9.84 Å². The molecule has 1 saturated carbocycles. The molecule has 2 fully saturated rings. The molecule has 1 atom stereocenters. The molecule has 9 nitrogen and oxygen atoms in total. The summed E-state index contributed by atoms with van der Waals surface area (Å²) in [7, 11) is -3.55. The largest absolute Gasteiger partial charge is 0.368 e. The van der Waals surface area contributed by atoms with Crippen molar-refractivity contribution in [1.82, 2.24) is 15.0 Å². The Morgan fingerprint density at radius 3 is 2.56 bits per heavy atom. The Morgan fingerprint density at radius 1 is 1.15 bits per heavy atom. The van der Waals surface area contributed by atoms with Crippen LogP contribution in [0.2, 0.25) is 0 Å². The second kappa shape index (κ2) is 8.06. The molecular weight excluding hydrogens is 454 g/mol. The van der Waals surface area contributed by atoms with Crippen LogP contribution >= 0.6 is 0 Å². The number of aryl methyl sites for hydroxylation is 1. The van der Waals surface area contributed by atoms with Gasteiger partial charge in [-0.25, -0.2) is 18.4 Å². The van der Waals surface area contributed by atoms with E-state index in [0.29, 0.717) is 34.2 Å². The predicted octanol–water partition coefficient (Wildman–Crippen LogP) is 4.39. The van der Waals surface area contributed by atoms with Crippen LogP contribution in [0.5, 0.6) is 0 Å². The van der Waals surface area contributed by atoms with Crippen molar-refractivity contribution in [3.05, 3.63) is 35.7 Å². The number of fused-ring (bicyclic) bond motifs is 1. The molecule has 0 bridgehead atoms. The molecule has 1 amide bonds. The van der Waals surface area contributed by atoms with Gasteiger partial charge in [0, 0.05) is 18.2 Å². The molecule has 180 valence electrons.